The Balaban J connectivity index is 1.10. The monoisotopic (exact) mass is 845 g/mol. The fraction of sp³-hybridized carbons (Fsp3) is 0. The zero-order valence-electron chi connectivity index (χ0n) is 35.3. The lowest BCUT2D eigenvalue weighted by Gasteiger charge is -2.26. The third-order valence-electron chi connectivity index (χ3n) is 13.7. The molecule has 0 aliphatic heterocycles. The van der Waals surface area contributed by atoms with Crippen molar-refractivity contribution in [2.24, 2.45) is 0 Å². The van der Waals surface area contributed by atoms with E-state index < -0.39 is 0 Å². The van der Waals surface area contributed by atoms with Gasteiger partial charge in [0.25, 0.3) is 0 Å². The van der Waals surface area contributed by atoms with Crippen molar-refractivity contribution >= 4 is 126 Å². The zero-order chi connectivity index (χ0) is 43.0. The number of aromatic nitrogens is 2. The number of nitrogens with zero attached hydrogens (tertiary/aromatic N) is 3. The SMILES string of the molecule is c1ccc(N(c2ccccc2)c2cc3c(c4ccccc4n3-c3ccc4oc5ccccc5c4c3)c3oc4c(ccc5c4c4ccccc4n5-c4ccc5oc6ccccc6c5c4)c23)cc1. The minimum atomic E-state index is 0.842. The molecule has 0 amide bonds. The maximum atomic E-state index is 7.60. The summed E-state index contributed by atoms with van der Waals surface area (Å²) in [7, 11) is 0. The number of para-hydroxylation sites is 6. The molecule has 6 heteroatoms. The average molecular weight is 846 g/mol. The standard InChI is InChI=1S/C60H35N3O3/c1-3-15-36(16-4-1)61(37-17-5-2-6-18-37)50-35-51-57(43-22-8-12-24-48(43)63(51)39-28-32-55-46(34-39)41-20-10-14-26-53(41)65-55)60-58(50)44-29-30-49-56(59(44)66-60)42-21-7-11-23-47(42)62(49)38-27-31-54-45(33-38)40-19-9-13-25-52(40)64-54/h1-35H. The Hall–Kier alpha value is -9.00. The highest BCUT2D eigenvalue weighted by Gasteiger charge is 2.28. The van der Waals surface area contributed by atoms with Gasteiger partial charge in [-0.2, -0.15) is 0 Å². The minimum absolute atomic E-state index is 0.842. The van der Waals surface area contributed by atoms with Gasteiger partial charge in [0.1, 0.15) is 33.5 Å². The van der Waals surface area contributed by atoms with Crippen molar-refractivity contribution in [3.8, 4) is 11.4 Å². The van der Waals surface area contributed by atoms with Gasteiger partial charge in [0.2, 0.25) is 0 Å². The molecule has 5 aromatic heterocycles. The van der Waals surface area contributed by atoms with E-state index in [1.54, 1.807) is 0 Å². The fourth-order valence-electron chi connectivity index (χ4n) is 10.9. The highest BCUT2D eigenvalue weighted by molar-refractivity contribution is 6.32. The van der Waals surface area contributed by atoms with Crippen LogP contribution in [-0.4, -0.2) is 9.13 Å². The summed E-state index contributed by atoms with van der Waals surface area (Å²) in [4.78, 5) is 2.38. The Labute approximate surface area is 375 Å². The molecule has 0 fully saturated rings. The molecule has 0 saturated carbocycles. The van der Waals surface area contributed by atoms with E-state index in [9.17, 15) is 0 Å². The van der Waals surface area contributed by atoms with E-state index in [1.807, 2.05) is 24.3 Å². The maximum Gasteiger partial charge on any atom is 0.147 e. The first-order valence-electron chi connectivity index (χ1n) is 22.3. The van der Waals surface area contributed by atoms with Crippen LogP contribution in [0.2, 0.25) is 0 Å². The molecule has 66 heavy (non-hydrogen) atoms. The Bertz CT molecular complexity index is 4430. The van der Waals surface area contributed by atoms with Gasteiger partial charge in [-0.05, 0) is 103 Å². The third-order valence-corrected chi connectivity index (χ3v) is 13.7. The Kier molecular flexibility index (Phi) is 7.13. The maximum absolute atomic E-state index is 7.60. The number of hydrogen-bond donors (Lipinski definition) is 0. The van der Waals surface area contributed by atoms with Gasteiger partial charge in [0.05, 0.1) is 43.9 Å². The highest BCUT2D eigenvalue weighted by Crippen LogP contribution is 2.51. The molecule has 0 aliphatic rings. The molecule has 10 aromatic carbocycles. The zero-order valence-corrected chi connectivity index (χ0v) is 35.3. The molecule has 15 aromatic rings. The van der Waals surface area contributed by atoms with Crippen molar-refractivity contribution in [2.75, 3.05) is 4.90 Å². The molecule has 5 heterocycles. The van der Waals surface area contributed by atoms with Gasteiger partial charge in [0, 0.05) is 60.5 Å². The van der Waals surface area contributed by atoms with E-state index in [0.717, 1.165) is 138 Å². The molecule has 0 N–H and O–H groups in total. The van der Waals surface area contributed by atoms with E-state index in [4.69, 9.17) is 13.3 Å². The molecule has 15 rings (SSSR count). The van der Waals surface area contributed by atoms with E-state index in [2.05, 4.69) is 202 Å². The molecule has 0 aliphatic carbocycles. The third kappa shape index (κ3) is 4.84. The lowest BCUT2D eigenvalue weighted by Crippen LogP contribution is -2.10. The first-order chi connectivity index (χ1) is 32.7. The van der Waals surface area contributed by atoms with E-state index >= 15 is 0 Å². The van der Waals surface area contributed by atoms with Crippen molar-refractivity contribution in [2.45, 2.75) is 0 Å². The quantitative estimate of drug-likeness (QED) is 0.173. The summed E-state index contributed by atoms with van der Waals surface area (Å²) in [5.41, 5.74) is 14.7. The number of benzene rings is 10. The number of rotatable bonds is 5. The molecule has 308 valence electrons. The van der Waals surface area contributed by atoms with Crippen molar-refractivity contribution in [1.29, 1.82) is 0 Å². The summed E-state index contributed by atoms with van der Waals surface area (Å²) in [6, 6.07) is 75.3. The van der Waals surface area contributed by atoms with Crippen LogP contribution in [0, 0.1) is 0 Å². The average Bonchev–Trinajstić information content (AvgIpc) is 4.19. The normalized spacial score (nSPS) is 12.2. The van der Waals surface area contributed by atoms with E-state index in [-0.39, 0.29) is 0 Å². The molecule has 0 bridgehead atoms. The number of hydrogen-bond acceptors (Lipinski definition) is 4. The molecular formula is C60H35N3O3. The molecule has 0 spiro atoms. The lowest BCUT2D eigenvalue weighted by molar-refractivity contribution is 0.668. The van der Waals surface area contributed by atoms with Crippen molar-refractivity contribution in [3.63, 3.8) is 0 Å². The van der Waals surface area contributed by atoms with Crippen LogP contribution in [0.5, 0.6) is 0 Å². The minimum Gasteiger partial charge on any atom is -0.456 e. The predicted octanol–water partition coefficient (Wildman–Crippen LogP) is 17.0. The fourth-order valence-corrected chi connectivity index (χ4v) is 10.9. The molecule has 0 radical (unpaired) electrons. The summed E-state index contributed by atoms with van der Waals surface area (Å²) in [5, 5.41) is 10.8. The Morgan fingerprint density at radius 2 is 0.758 bits per heavy atom. The van der Waals surface area contributed by atoms with Crippen LogP contribution in [0.1, 0.15) is 0 Å². The smallest absolute Gasteiger partial charge is 0.147 e. The second-order valence-corrected chi connectivity index (χ2v) is 17.2. The molecule has 0 unspecified atom stereocenters. The molecular weight excluding hydrogens is 811 g/mol. The summed E-state index contributed by atoms with van der Waals surface area (Å²) in [5.74, 6) is 0. The number of fused-ring (bicyclic) bond motifs is 17. The molecule has 0 saturated heterocycles. The second kappa shape index (κ2) is 13.3. The van der Waals surface area contributed by atoms with Crippen LogP contribution in [-0.2, 0) is 0 Å². The first kappa shape index (κ1) is 35.5. The lowest BCUT2D eigenvalue weighted by atomic mass is 10.0. The van der Waals surface area contributed by atoms with Crippen LogP contribution in [0.4, 0.5) is 17.1 Å². The van der Waals surface area contributed by atoms with Crippen LogP contribution >= 0.6 is 0 Å². The van der Waals surface area contributed by atoms with E-state index in [0.29, 0.717) is 0 Å². The molecule has 0 atom stereocenters. The van der Waals surface area contributed by atoms with Gasteiger partial charge in [-0.3, -0.25) is 0 Å². The van der Waals surface area contributed by atoms with Crippen molar-refractivity contribution in [3.05, 3.63) is 212 Å². The summed E-state index contributed by atoms with van der Waals surface area (Å²) in [6.45, 7) is 0. The van der Waals surface area contributed by atoms with Gasteiger partial charge in [-0.15, -0.1) is 0 Å². The molecule has 6 nitrogen and oxygen atoms in total. The number of anilines is 3. The predicted molar refractivity (Wildman–Crippen MR) is 272 cm³/mol. The topological polar surface area (TPSA) is 52.5 Å². The second-order valence-electron chi connectivity index (χ2n) is 17.2. The highest BCUT2D eigenvalue weighted by atomic mass is 16.3. The number of furan rings is 3. The van der Waals surface area contributed by atoms with Gasteiger partial charge >= 0.3 is 0 Å². The van der Waals surface area contributed by atoms with Crippen LogP contribution in [0.3, 0.4) is 0 Å². The summed E-state index contributed by atoms with van der Waals surface area (Å²) >= 11 is 0. The van der Waals surface area contributed by atoms with Crippen molar-refractivity contribution < 1.29 is 13.3 Å². The van der Waals surface area contributed by atoms with Crippen molar-refractivity contribution in [1.82, 2.24) is 9.13 Å². The van der Waals surface area contributed by atoms with Gasteiger partial charge in [0.15, 0.2) is 0 Å². The summed E-state index contributed by atoms with van der Waals surface area (Å²) in [6.07, 6.45) is 0. The van der Waals surface area contributed by atoms with Crippen LogP contribution < -0.4 is 4.90 Å². The van der Waals surface area contributed by atoms with Crippen LogP contribution in [0.25, 0.3) is 121 Å². The summed E-state index contributed by atoms with van der Waals surface area (Å²) < 4.78 is 25.0. The van der Waals surface area contributed by atoms with Gasteiger partial charge in [-0.25, -0.2) is 0 Å². The van der Waals surface area contributed by atoms with Gasteiger partial charge in [-0.1, -0.05) is 109 Å². The first-order valence-corrected chi connectivity index (χ1v) is 22.3. The Morgan fingerprint density at radius 1 is 0.288 bits per heavy atom. The van der Waals surface area contributed by atoms with Gasteiger partial charge < -0.3 is 27.3 Å². The van der Waals surface area contributed by atoms with E-state index in [1.165, 1.54) is 0 Å². The van der Waals surface area contributed by atoms with Crippen LogP contribution in [0.15, 0.2) is 226 Å². The largest absolute Gasteiger partial charge is 0.456 e. The Morgan fingerprint density at radius 3 is 1.33 bits per heavy atom.